The second-order valence-corrected chi connectivity index (χ2v) is 5.99. The van der Waals surface area contributed by atoms with Gasteiger partial charge in [0.2, 0.25) is 0 Å². The predicted octanol–water partition coefficient (Wildman–Crippen LogP) is 5.07. The van der Waals surface area contributed by atoms with E-state index in [9.17, 15) is 9.18 Å². The largest absolute Gasteiger partial charge is 0.465 e. The van der Waals surface area contributed by atoms with E-state index in [4.69, 9.17) is 20.8 Å². The minimum Gasteiger partial charge on any atom is -0.465 e. The molecule has 0 saturated carbocycles. The van der Waals surface area contributed by atoms with Gasteiger partial charge in [0.1, 0.15) is 22.9 Å². The quantitative estimate of drug-likeness (QED) is 0.511. The standard InChI is InChI=1S/C19H12ClFN2O3/c1-25-19(24)11-6-5-10-7-16(26-15(10)8-11)14-9-22-18(23-14)17-12(20)3-2-4-13(17)21/h2-9H,1H3,(H,22,23). The average Bonchev–Trinajstić information content (AvgIpc) is 3.27. The molecule has 7 heteroatoms. The Morgan fingerprint density at radius 3 is 2.88 bits per heavy atom. The zero-order valence-corrected chi connectivity index (χ0v) is 14.3. The van der Waals surface area contributed by atoms with Crippen LogP contribution >= 0.6 is 11.6 Å². The number of aromatic amines is 1. The molecule has 0 fully saturated rings. The van der Waals surface area contributed by atoms with Gasteiger partial charge in [-0.05, 0) is 30.3 Å². The van der Waals surface area contributed by atoms with Crippen LogP contribution in [0.2, 0.25) is 5.02 Å². The number of halogens is 2. The maximum Gasteiger partial charge on any atom is 0.337 e. The van der Waals surface area contributed by atoms with Gasteiger partial charge in [0.05, 0.1) is 23.3 Å². The number of nitrogens with zero attached hydrogens (tertiary/aromatic N) is 1. The van der Waals surface area contributed by atoms with E-state index in [0.717, 1.165) is 5.39 Å². The third-order valence-corrected chi connectivity index (χ3v) is 4.29. The van der Waals surface area contributed by atoms with Crippen molar-refractivity contribution < 1.29 is 18.3 Å². The van der Waals surface area contributed by atoms with Gasteiger partial charge >= 0.3 is 5.97 Å². The fourth-order valence-corrected chi connectivity index (χ4v) is 2.95. The summed E-state index contributed by atoms with van der Waals surface area (Å²) in [6, 6.07) is 11.3. The number of furan rings is 1. The first-order valence-electron chi connectivity index (χ1n) is 7.69. The fourth-order valence-electron chi connectivity index (χ4n) is 2.70. The van der Waals surface area contributed by atoms with E-state index >= 15 is 0 Å². The normalized spacial score (nSPS) is 11.0. The molecule has 0 bridgehead atoms. The van der Waals surface area contributed by atoms with E-state index in [-0.39, 0.29) is 10.6 Å². The molecule has 2 heterocycles. The molecule has 0 atom stereocenters. The molecule has 0 aliphatic carbocycles. The summed E-state index contributed by atoms with van der Waals surface area (Å²) in [7, 11) is 1.32. The minimum atomic E-state index is -0.467. The Kier molecular flexibility index (Phi) is 3.97. The number of esters is 1. The predicted molar refractivity (Wildman–Crippen MR) is 95.5 cm³/mol. The molecule has 2 aromatic carbocycles. The first-order valence-corrected chi connectivity index (χ1v) is 8.06. The van der Waals surface area contributed by atoms with Crippen molar-refractivity contribution in [3.8, 4) is 22.8 Å². The number of ether oxygens (including phenoxy) is 1. The number of methoxy groups -OCH3 is 1. The highest BCUT2D eigenvalue weighted by Crippen LogP contribution is 2.32. The lowest BCUT2D eigenvalue weighted by Crippen LogP contribution is -1.99. The Morgan fingerprint density at radius 2 is 2.12 bits per heavy atom. The van der Waals surface area contributed by atoms with Crippen LogP contribution in [0.25, 0.3) is 33.8 Å². The number of benzene rings is 2. The van der Waals surface area contributed by atoms with Gasteiger partial charge in [-0.25, -0.2) is 14.2 Å². The summed E-state index contributed by atoms with van der Waals surface area (Å²) >= 11 is 6.08. The third-order valence-electron chi connectivity index (χ3n) is 3.97. The fraction of sp³-hybridized carbons (Fsp3) is 0.0526. The molecule has 0 aliphatic rings. The summed E-state index contributed by atoms with van der Waals surface area (Å²) < 4.78 is 24.5. The van der Waals surface area contributed by atoms with Gasteiger partial charge in [-0.1, -0.05) is 23.7 Å². The first-order chi connectivity index (χ1) is 12.6. The molecule has 1 N–H and O–H groups in total. The van der Waals surface area contributed by atoms with Crippen LogP contribution in [0, 0.1) is 5.82 Å². The molecule has 0 saturated heterocycles. The summed E-state index contributed by atoms with van der Waals surface area (Å²) in [5.74, 6) is -0.123. The van der Waals surface area contributed by atoms with Crippen molar-refractivity contribution >= 4 is 28.5 Å². The molecule has 26 heavy (non-hydrogen) atoms. The first kappa shape index (κ1) is 16.4. The summed E-state index contributed by atoms with van der Waals surface area (Å²) in [6.07, 6.45) is 1.61. The van der Waals surface area contributed by atoms with Crippen LogP contribution in [0.15, 0.2) is 53.1 Å². The highest BCUT2D eigenvalue weighted by molar-refractivity contribution is 6.33. The number of carbonyl (C=O) groups excluding carboxylic acids is 1. The zero-order valence-electron chi connectivity index (χ0n) is 13.5. The van der Waals surface area contributed by atoms with Crippen molar-refractivity contribution in [1.82, 2.24) is 9.97 Å². The van der Waals surface area contributed by atoms with Crippen molar-refractivity contribution in [2.45, 2.75) is 0 Å². The van der Waals surface area contributed by atoms with Gasteiger partial charge in [0, 0.05) is 11.6 Å². The van der Waals surface area contributed by atoms with Crippen LogP contribution in [0.5, 0.6) is 0 Å². The number of carbonyl (C=O) groups is 1. The topological polar surface area (TPSA) is 68.1 Å². The number of aromatic nitrogens is 2. The second-order valence-electron chi connectivity index (χ2n) is 5.59. The average molecular weight is 371 g/mol. The maximum absolute atomic E-state index is 14.1. The molecule has 0 radical (unpaired) electrons. The lowest BCUT2D eigenvalue weighted by molar-refractivity contribution is 0.0601. The number of fused-ring (bicyclic) bond motifs is 1. The van der Waals surface area contributed by atoms with E-state index in [1.807, 2.05) is 0 Å². The summed E-state index contributed by atoms with van der Waals surface area (Å²) in [4.78, 5) is 18.9. The number of hydrogen-bond acceptors (Lipinski definition) is 4. The van der Waals surface area contributed by atoms with Crippen LogP contribution < -0.4 is 0 Å². The molecular weight excluding hydrogens is 359 g/mol. The summed E-state index contributed by atoms with van der Waals surface area (Å²) in [6.45, 7) is 0. The van der Waals surface area contributed by atoms with E-state index in [1.54, 1.807) is 36.5 Å². The van der Waals surface area contributed by atoms with Crippen molar-refractivity contribution in [2.75, 3.05) is 7.11 Å². The molecule has 5 nitrogen and oxygen atoms in total. The summed E-state index contributed by atoms with van der Waals surface area (Å²) in [5, 5.41) is 1.07. The number of H-pyrrole nitrogens is 1. The Balaban J connectivity index is 1.75. The number of imidazole rings is 1. The molecule has 0 unspecified atom stereocenters. The van der Waals surface area contributed by atoms with Crippen molar-refractivity contribution in [3.63, 3.8) is 0 Å². The van der Waals surface area contributed by atoms with Crippen molar-refractivity contribution in [3.05, 3.63) is 65.1 Å². The summed E-state index contributed by atoms with van der Waals surface area (Å²) in [5.41, 5.74) is 1.61. The number of nitrogens with one attached hydrogen (secondary N) is 1. The molecule has 130 valence electrons. The Morgan fingerprint density at radius 1 is 1.27 bits per heavy atom. The van der Waals surface area contributed by atoms with E-state index in [2.05, 4.69) is 9.97 Å². The monoisotopic (exact) mass is 370 g/mol. The van der Waals surface area contributed by atoms with Crippen LogP contribution in [0.3, 0.4) is 0 Å². The lowest BCUT2D eigenvalue weighted by atomic mass is 10.1. The SMILES string of the molecule is COC(=O)c1ccc2cc(-c3c[nH]c(-c4c(F)cccc4Cl)n3)oc2c1. The van der Waals surface area contributed by atoms with Crippen LogP contribution in [-0.2, 0) is 4.74 Å². The lowest BCUT2D eigenvalue weighted by Gasteiger charge is -2.01. The van der Waals surface area contributed by atoms with Crippen LogP contribution in [0.1, 0.15) is 10.4 Å². The van der Waals surface area contributed by atoms with Gasteiger partial charge < -0.3 is 14.1 Å². The molecule has 0 spiro atoms. The highest BCUT2D eigenvalue weighted by atomic mass is 35.5. The molecule has 0 amide bonds. The maximum atomic E-state index is 14.1. The Labute approximate surface area is 152 Å². The van der Waals surface area contributed by atoms with Gasteiger partial charge in [-0.3, -0.25) is 0 Å². The van der Waals surface area contributed by atoms with E-state index in [1.165, 1.54) is 19.2 Å². The van der Waals surface area contributed by atoms with Crippen molar-refractivity contribution in [1.29, 1.82) is 0 Å². The van der Waals surface area contributed by atoms with E-state index in [0.29, 0.717) is 28.4 Å². The second kappa shape index (κ2) is 6.31. The Hall–Kier alpha value is -3.12. The van der Waals surface area contributed by atoms with Crippen LogP contribution in [0.4, 0.5) is 4.39 Å². The third kappa shape index (κ3) is 2.74. The van der Waals surface area contributed by atoms with Gasteiger partial charge in [0.15, 0.2) is 5.76 Å². The van der Waals surface area contributed by atoms with Crippen molar-refractivity contribution in [2.24, 2.45) is 0 Å². The number of rotatable bonds is 3. The molecular formula is C19H12ClFN2O3. The molecule has 0 aliphatic heterocycles. The van der Waals surface area contributed by atoms with Gasteiger partial charge in [0.25, 0.3) is 0 Å². The highest BCUT2D eigenvalue weighted by Gasteiger charge is 2.16. The number of hydrogen-bond donors (Lipinski definition) is 1. The van der Waals surface area contributed by atoms with Gasteiger partial charge in [-0.2, -0.15) is 0 Å². The van der Waals surface area contributed by atoms with Gasteiger partial charge in [-0.15, -0.1) is 0 Å². The zero-order chi connectivity index (χ0) is 18.3. The van der Waals surface area contributed by atoms with Crippen LogP contribution in [-0.4, -0.2) is 23.0 Å². The molecule has 2 aromatic heterocycles. The molecule has 4 aromatic rings. The molecule has 4 rings (SSSR count). The Bertz CT molecular complexity index is 1110. The smallest absolute Gasteiger partial charge is 0.337 e. The minimum absolute atomic E-state index is 0.199. The van der Waals surface area contributed by atoms with E-state index < -0.39 is 11.8 Å².